The van der Waals surface area contributed by atoms with Gasteiger partial charge >= 0.3 is 0 Å². The fourth-order valence-electron chi connectivity index (χ4n) is 4.40. The van der Waals surface area contributed by atoms with Gasteiger partial charge in [-0.3, -0.25) is 0 Å². The molecule has 15 atom stereocenters. The van der Waals surface area contributed by atoms with Crippen molar-refractivity contribution in [3.05, 3.63) is 0 Å². The van der Waals surface area contributed by atoms with Gasteiger partial charge in [-0.25, -0.2) is 0 Å². The van der Waals surface area contributed by atoms with E-state index >= 15 is 0 Å². The maximum Gasteiger partial charge on any atom is 0.187 e. The lowest BCUT2D eigenvalue weighted by molar-refractivity contribution is -0.332. The standard InChI is InChI=1S/C18H36N4O11/c19-2-6-10(25)12(27)13(28)18(30-6)33-16-5(21)1-4(20)15(14(16)29)32-17-11(26)8(22)9(24)7(3-23)31-17/h4-18,23-29H,1-3,19-22H2/t4-,5+,6+,7-,8+,9+,10-,11-,12-,13+,14-,15+,16+,17+,18-/m1/s1. The quantitative estimate of drug-likeness (QED) is 0.167. The number of hydrogen-bond acceptors (Lipinski definition) is 15. The van der Waals surface area contributed by atoms with Gasteiger partial charge < -0.3 is 77.6 Å². The Hall–Kier alpha value is -0.600. The average Bonchev–Trinajstić information content (AvgIpc) is 2.79. The van der Waals surface area contributed by atoms with Crippen LogP contribution < -0.4 is 22.9 Å². The van der Waals surface area contributed by atoms with Crippen LogP contribution in [0.5, 0.6) is 0 Å². The van der Waals surface area contributed by atoms with E-state index in [9.17, 15) is 35.7 Å². The Balaban J connectivity index is 1.72. The Morgan fingerprint density at radius 3 is 1.70 bits per heavy atom. The van der Waals surface area contributed by atoms with Crippen molar-refractivity contribution in [2.45, 2.75) is 98.2 Å². The predicted octanol–water partition coefficient (Wildman–Crippen LogP) is -7.29. The Morgan fingerprint density at radius 2 is 1.18 bits per heavy atom. The van der Waals surface area contributed by atoms with E-state index in [1.165, 1.54) is 0 Å². The highest BCUT2D eigenvalue weighted by molar-refractivity contribution is 5.01. The van der Waals surface area contributed by atoms with Crippen LogP contribution in [0.25, 0.3) is 0 Å². The van der Waals surface area contributed by atoms with E-state index in [1.807, 2.05) is 0 Å². The summed E-state index contributed by atoms with van der Waals surface area (Å²) in [7, 11) is 0. The molecule has 0 aromatic carbocycles. The van der Waals surface area contributed by atoms with Gasteiger partial charge in [-0.15, -0.1) is 0 Å². The minimum absolute atomic E-state index is 0.0849. The summed E-state index contributed by atoms with van der Waals surface area (Å²) in [5, 5.41) is 70.9. The van der Waals surface area contributed by atoms with Crippen molar-refractivity contribution >= 4 is 0 Å². The first-order chi connectivity index (χ1) is 15.5. The van der Waals surface area contributed by atoms with Crippen LogP contribution in [-0.2, 0) is 18.9 Å². The molecule has 15 N–H and O–H groups in total. The van der Waals surface area contributed by atoms with Crippen LogP contribution in [0.3, 0.4) is 0 Å². The van der Waals surface area contributed by atoms with E-state index in [1.54, 1.807) is 0 Å². The second-order valence-electron chi connectivity index (χ2n) is 8.79. The van der Waals surface area contributed by atoms with Crippen LogP contribution in [0.1, 0.15) is 6.42 Å². The van der Waals surface area contributed by atoms with Crippen molar-refractivity contribution in [2.75, 3.05) is 13.2 Å². The molecule has 0 radical (unpaired) electrons. The van der Waals surface area contributed by atoms with E-state index in [2.05, 4.69) is 0 Å². The fraction of sp³-hybridized carbons (Fsp3) is 1.00. The molecule has 2 saturated heterocycles. The molecule has 0 aromatic rings. The number of nitrogens with two attached hydrogens (primary N) is 4. The van der Waals surface area contributed by atoms with Gasteiger partial charge in [0.25, 0.3) is 0 Å². The molecule has 0 spiro atoms. The molecule has 194 valence electrons. The zero-order valence-electron chi connectivity index (χ0n) is 17.9. The SMILES string of the molecule is NC[C@@H]1O[C@H](O[C@@H]2[C@H](O)[C@@H](O[C@@H]3O[C@H](CO)[C@H](O)[C@H](N)[C@H]3O)[C@H](N)C[C@@H]2N)[C@@H](O)[C@H](O)[C@@H]1O. The summed E-state index contributed by atoms with van der Waals surface area (Å²) in [5.41, 5.74) is 23.5. The molecule has 15 heteroatoms. The van der Waals surface area contributed by atoms with Crippen molar-refractivity contribution in [3.63, 3.8) is 0 Å². The fourth-order valence-corrected chi connectivity index (χ4v) is 4.40. The number of aliphatic hydroxyl groups excluding tert-OH is 7. The van der Waals surface area contributed by atoms with Crippen molar-refractivity contribution in [1.82, 2.24) is 0 Å². The van der Waals surface area contributed by atoms with E-state index in [-0.39, 0.29) is 13.0 Å². The molecule has 33 heavy (non-hydrogen) atoms. The van der Waals surface area contributed by atoms with Gasteiger partial charge in [0.1, 0.15) is 61.0 Å². The summed E-state index contributed by atoms with van der Waals surface area (Å²) in [5.74, 6) is 0. The van der Waals surface area contributed by atoms with Gasteiger partial charge in [-0.1, -0.05) is 0 Å². The molecule has 3 rings (SSSR count). The molecule has 0 unspecified atom stereocenters. The highest BCUT2D eigenvalue weighted by atomic mass is 16.7. The highest BCUT2D eigenvalue weighted by Gasteiger charge is 2.51. The lowest BCUT2D eigenvalue weighted by Crippen LogP contribution is -2.68. The van der Waals surface area contributed by atoms with Gasteiger partial charge in [0.15, 0.2) is 12.6 Å². The predicted molar refractivity (Wildman–Crippen MR) is 108 cm³/mol. The lowest BCUT2D eigenvalue weighted by Gasteiger charge is -2.48. The molecular weight excluding hydrogens is 448 g/mol. The third-order valence-electron chi connectivity index (χ3n) is 6.48. The smallest absolute Gasteiger partial charge is 0.187 e. The zero-order valence-corrected chi connectivity index (χ0v) is 17.9. The van der Waals surface area contributed by atoms with Crippen LogP contribution in [0, 0.1) is 0 Å². The van der Waals surface area contributed by atoms with Crippen LogP contribution in [-0.4, -0.2) is 141 Å². The summed E-state index contributed by atoms with van der Waals surface area (Å²) >= 11 is 0. The minimum Gasteiger partial charge on any atom is -0.394 e. The topological polar surface area (TPSA) is 283 Å². The van der Waals surface area contributed by atoms with E-state index in [4.69, 9.17) is 41.9 Å². The molecular formula is C18H36N4O11. The summed E-state index contributed by atoms with van der Waals surface area (Å²) in [4.78, 5) is 0. The largest absolute Gasteiger partial charge is 0.394 e. The summed E-state index contributed by atoms with van der Waals surface area (Å²) in [6.45, 7) is -0.763. The zero-order chi connectivity index (χ0) is 24.6. The second kappa shape index (κ2) is 11.0. The number of aliphatic hydroxyl groups is 7. The van der Waals surface area contributed by atoms with Gasteiger partial charge in [0.05, 0.1) is 12.6 Å². The van der Waals surface area contributed by atoms with Crippen molar-refractivity contribution in [1.29, 1.82) is 0 Å². The summed E-state index contributed by atoms with van der Waals surface area (Å²) in [6, 6.07) is -2.86. The van der Waals surface area contributed by atoms with E-state index in [0.29, 0.717) is 0 Å². The first-order valence-corrected chi connectivity index (χ1v) is 10.8. The average molecular weight is 485 g/mol. The van der Waals surface area contributed by atoms with Crippen molar-refractivity contribution < 1.29 is 54.7 Å². The monoisotopic (exact) mass is 484 g/mol. The summed E-state index contributed by atoms with van der Waals surface area (Å²) < 4.78 is 22.2. The number of ether oxygens (including phenoxy) is 4. The Bertz CT molecular complexity index is 584. The van der Waals surface area contributed by atoms with Crippen LogP contribution in [0.2, 0.25) is 0 Å². The molecule has 3 aliphatic rings. The Morgan fingerprint density at radius 1 is 0.667 bits per heavy atom. The van der Waals surface area contributed by atoms with Crippen LogP contribution in [0.4, 0.5) is 0 Å². The Kier molecular flexibility index (Phi) is 8.99. The maximum absolute atomic E-state index is 10.9. The summed E-state index contributed by atoms with van der Waals surface area (Å²) in [6.07, 6.45) is -16.5. The van der Waals surface area contributed by atoms with Crippen LogP contribution >= 0.6 is 0 Å². The molecule has 1 aliphatic carbocycles. The molecule has 1 saturated carbocycles. The molecule has 3 fully saturated rings. The van der Waals surface area contributed by atoms with Crippen molar-refractivity contribution in [2.24, 2.45) is 22.9 Å². The van der Waals surface area contributed by atoms with Gasteiger partial charge in [-0.05, 0) is 6.42 Å². The molecule has 0 amide bonds. The van der Waals surface area contributed by atoms with Crippen LogP contribution in [0.15, 0.2) is 0 Å². The lowest BCUT2D eigenvalue weighted by atomic mass is 9.84. The minimum atomic E-state index is -1.66. The molecule has 15 nitrogen and oxygen atoms in total. The molecule has 0 bridgehead atoms. The van der Waals surface area contributed by atoms with Gasteiger partial charge in [-0.2, -0.15) is 0 Å². The van der Waals surface area contributed by atoms with Gasteiger partial charge in [0.2, 0.25) is 0 Å². The first-order valence-electron chi connectivity index (χ1n) is 10.8. The molecule has 2 aliphatic heterocycles. The maximum atomic E-state index is 10.9. The Labute approximate surface area is 189 Å². The normalized spacial score (nSPS) is 53.7. The molecule has 2 heterocycles. The van der Waals surface area contributed by atoms with Crippen molar-refractivity contribution in [3.8, 4) is 0 Å². The van der Waals surface area contributed by atoms with E-state index < -0.39 is 98.4 Å². The number of rotatable bonds is 6. The molecule has 0 aromatic heterocycles. The highest BCUT2D eigenvalue weighted by Crippen LogP contribution is 2.31. The van der Waals surface area contributed by atoms with E-state index in [0.717, 1.165) is 0 Å². The number of hydrogen-bond donors (Lipinski definition) is 11. The third kappa shape index (κ3) is 5.32. The first kappa shape index (κ1) is 27.0. The van der Waals surface area contributed by atoms with Gasteiger partial charge in [0, 0.05) is 18.6 Å². The third-order valence-corrected chi connectivity index (χ3v) is 6.48. The second-order valence-corrected chi connectivity index (χ2v) is 8.79.